The third kappa shape index (κ3) is 4.67. The minimum Gasteiger partial charge on any atom is -0.496 e. The number of hydrogen-bond donors (Lipinski definition) is 1. The Balaban J connectivity index is 1.75. The molecule has 150 valence electrons. The summed E-state index contributed by atoms with van der Waals surface area (Å²) in [5.74, 6) is -1.13. The highest BCUT2D eigenvalue weighted by molar-refractivity contribution is 7.87. The van der Waals surface area contributed by atoms with Crippen LogP contribution in [0.2, 0.25) is 5.02 Å². The molecule has 0 aliphatic heterocycles. The molecule has 0 saturated carbocycles. The van der Waals surface area contributed by atoms with E-state index >= 15 is 0 Å². The minimum atomic E-state index is -4.42. The molecule has 0 spiro atoms. The number of para-hydroxylation sites is 1. The van der Waals surface area contributed by atoms with Crippen LogP contribution in [0.4, 0.5) is 10.1 Å². The van der Waals surface area contributed by atoms with Gasteiger partial charge in [0.25, 0.3) is 5.91 Å². The van der Waals surface area contributed by atoms with Crippen molar-refractivity contribution in [3.05, 3.63) is 83.1 Å². The second-order valence-electron chi connectivity index (χ2n) is 5.77. The van der Waals surface area contributed by atoms with Crippen LogP contribution in [-0.2, 0) is 10.1 Å². The van der Waals surface area contributed by atoms with Crippen molar-refractivity contribution in [3.8, 4) is 11.5 Å². The summed E-state index contributed by atoms with van der Waals surface area (Å²) in [4.78, 5) is 11.7. The van der Waals surface area contributed by atoms with Crippen LogP contribution in [0.25, 0.3) is 0 Å². The zero-order valence-corrected chi connectivity index (χ0v) is 16.6. The lowest BCUT2D eigenvalue weighted by Gasteiger charge is -2.11. The van der Waals surface area contributed by atoms with Gasteiger partial charge >= 0.3 is 10.1 Å². The number of hydrogen-bond acceptors (Lipinski definition) is 5. The monoisotopic (exact) mass is 435 g/mol. The van der Waals surface area contributed by atoms with Gasteiger partial charge in [-0.3, -0.25) is 4.79 Å². The summed E-state index contributed by atoms with van der Waals surface area (Å²) in [6.45, 7) is 0. The van der Waals surface area contributed by atoms with Gasteiger partial charge in [0, 0.05) is 5.69 Å². The highest BCUT2D eigenvalue weighted by Crippen LogP contribution is 2.26. The first kappa shape index (κ1) is 20.6. The third-order valence-electron chi connectivity index (χ3n) is 3.86. The van der Waals surface area contributed by atoms with E-state index in [4.69, 9.17) is 20.5 Å². The van der Waals surface area contributed by atoms with Gasteiger partial charge in [-0.1, -0.05) is 29.8 Å². The summed E-state index contributed by atoms with van der Waals surface area (Å²) in [5.41, 5.74) is 0.744. The number of amides is 1. The van der Waals surface area contributed by atoms with Crippen LogP contribution in [-0.4, -0.2) is 21.4 Å². The summed E-state index contributed by atoms with van der Waals surface area (Å²) in [6.07, 6.45) is 0. The Bertz CT molecular complexity index is 1150. The average molecular weight is 436 g/mol. The molecule has 0 saturated heterocycles. The summed E-state index contributed by atoms with van der Waals surface area (Å²) < 4.78 is 48.7. The van der Waals surface area contributed by atoms with Crippen molar-refractivity contribution < 1.29 is 26.5 Å². The van der Waals surface area contributed by atoms with Crippen molar-refractivity contribution in [1.82, 2.24) is 0 Å². The Morgan fingerprint density at radius 2 is 1.69 bits per heavy atom. The van der Waals surface area contributed by atoms with Gasteiger partial charge in [-0.15, -0.1) is 0 Å². The van der Waals surface area contributed by atoms with E-state index in [2.05, 4.69) is 5.32 Å². The molecule has 1 N–H and O–H groups in total. The van der Waals surface area contributed by atoms with Gasteiger partial charge in [0.15, 0.2) is 5.82 Å². The van der Waals surface area contributed by atoms with E-state index in [1.807, 2.05) is 0 Å². The molecule has 3 aromatic rings. The summed E-state index contributed by atoms with van der Waals surface area (Å²) in [6, 6.07) is 15.9. The van der Waals surface area contributed by atoms with E-state index in [-0.39, 0.29) is 10.8 Å². The first-order chi connectivity index (χ1) is 13.8. The van der Waals surface area contributed by atoms with E-state index in [0.29, 0.717) is 17.0 Å². The molecule has 3 rings (SSSR count). The van der Waals surface area contributed by atoms with Gasteiger partial charge in [0.2, 0.25) is 0 Å². The molecule has 0 heterocycles. The lowest BCUT2D eigenvalue weighted by atomic mass is 10.2. The molecule has 0 aliphatic rings. The lowest BCUT2D eigenvalue weighted by molar-refractivity contribution is 0.102. The minimum absolute atomic E-state index is 0.0559. The highest BCUT2D eigenvalue weighted by Gasteiger charge is 2.23. The van der Waals surface area contributed by atoms with Crippen LogP contribution in [0, 0.1) is 5.82 Å². The predicted octanol–water partition coefficient (Wildman–Crippen LogP) is 4.51. The van der Waals surface area contributed by atoms with Gasteiger partial charge in [0.1, 0.15) is 16.4 Å². The van der Waals surface area contributed by atoms with E-state index in [1.54, 1.807) is 24.3 Å². The van der Waals surface area contributed by atoms with Gasteiger partial charge in [0.05, 0.1) is 17.7 Å². The van der Waals surface area contributed by atoms with E-state index in [0.717, 1.165) is 6.07 Å². The van der Waals surface area contributed by atoms with Crippen LogP contribution in [0.5, 0.6) is 11.5 Å². The smallest absolute Gasteiger partial charge is 0.342 e. The van der Waals surface area contributed by atoms with Gasteiger partial charge < -0.3 is 14.2 Å². The molecular formula is C20H15ClFNO5S. The molecule has 0 atom stereocenters. The van der Waals surface area contributed by atoms with Crippen LogP contribution < -0.4 is 14.2 Å². The van der Waals surface area contributed by atoms with E-state index in [1.165, 1.54) is 43.5 Å². The van der Waals surface area contributed by atoms with Crippen LogP contribution in [0.1, 0.15) is 10.4 Å². The van der Waals surface area contributed by atoms with Crippen molar-refractivity contribution in [2.45, 2.75) is 4.90 Å². The topological polar surface area (TPSA) is 81.7 Å². The summed E-state index contributed by atoms with van der Waals surface area (Å²) in [5, 5.41) is 2.34. The third-order valence-corrected chi connectivity index (χ3v) is 5.41. The normalized spacial score (nSPS) is 11.0. The predicted molar refractivity (Wildman–Crippen MR) is 107 cm³/mol. The van der Waals surface area contributed by atoms with E-state index in [9.17, 15) is 17.6 Å². The Morgan fingerprint density at radius 3 is 2.38 bits per heavy atom. The standard InChI is InChI=1S/C20H15ClFNO5S/c1-27-17-7-3-2-5-15(17)20(24)23-13-9-11-14(12-10-13)28-29(25,26)18-8-4-6-16(21)19(18)22/h2-12H,1H3,(H,23,24). The molecule has 1 amide bonds. The van der Waals surface area contributed by atoms with Crippen LogP contribution in [0.15, 0.2) is 71.6 Å². The fourth-order valence-electron chi connectivity index (χ4n) is 2.47. The van der Waals surface area contributed by atoms with Crippen LogP contribution in [0.3, 0.4) is 0 Å². The zero-order valence-electron chi connectivity index (χ0n) is 15.1. The van der Waals surface area contributed by atoms with Crippen molar-refractivity contribution >= 4 is 33.3 Å². The Morgan fingerprint density at radius 1 is 1.00 bits per heavy atom. The number of methoxy groups -OCH3 is 1. The molecule has 0 aromatic heterocycles. The Kier molecular flexibility index (Phi) is 6.05. The summed E-state index contributed by atoms with van der Waals surface area (Å²) >= 11 is 5.62. The summed E-state index contributed by atoms with van der Waals surface area (Å²) in [7, 11) is -2.96. The molecule has 0 unspecified atom stereocenters. The quantitative estimate of drug-likeness (QED) is 0.576. The number of nitrogens with one attached hydrogen (secondary N) is 1. The second-order valence-corrected chi connectivity index (χ2v) is 7.69. The molecule has 9 heteroatoms. The van der Waals surface area contributed by atoms with Gasteiger partial charge in [-0.05, 0) is 48.5 Å². The number of carbonyl (C=O) groups excluding carboxylic acids is 1. The average Bonchev–Trinajstić information content (AvgIpc) is 2.71. The lowest BCUT2D eigenvalue weighted by Crippen LogP contribution is -2.13. The number of halogens is 2. The zero-order chi connectivity index (χ0) is 21.0. The van der Waals surface area contributed by atoms with Crippen molar-refractivity contribution in [3.63, 3.8) is 0 Å². The Labute approximate surface area is 172 Å². The first-order valence-electron chi connectivity index (χ1n) is 8.25. The van der Waals surface area contributed by atoms with Crippen LogP contribution >= 0.6 is 11.6 Å². The number of carbonyl (C=O) groups is 1. The second kappa shape index (κ2) is 8.50. The molecule has 0 bridgehead atoms. The fraction of sp³-hybridized carbons (Fsp3) is 0.0500. The molecule has 0 radical (unpaired) electrons. The number of rotatable bonds is 6. The molecular weight excluding hydrogens is 421 g/mol. The number of ether oxygens (including phenoxy) is 1. The maximum atomic E-state index is 14.0. The fourth-order valence-corrected chi connectivity index (χ4v) is 3.73. The van der Waals surface area contributed by atoms with Gasteiger partial charge in [-0.2, -0.15) is 8.42 Å². The maximum absolute atomic E-state index is 14.0. The number of benzene rings is 3. The number of anilines is 1. The highest BCUT2D eigenvalue weighted by atomic mass is 35.5. The van der Waals surface area contributed by atoms with Crippen molar-refractivity contribution in [1.29, 1.82) is 0 Å². The maximum Gasteiger partial charge on any atom is 0.342 e. The molecule has 6 nitrogen and oxygen atoms in total. The molecule has 0 fully saturated rings. The SMILES string of the molecule is COc1ccccc1C(=O)Nc1ccc(OS(=O)(=O)c2cccc(Cl)c2F)cc1. The molecule has 3 aromatic carbocycles. The largest absolute Gasteiger partial charge is 0.496 e. The van der Waals surface area contributed by atoms with Crippen molar-refractivity contribution in [2.24, 2.45) is 0 Å². The van der Waals surface area contributed by atoms with Crippen molar-refractivity contribution in [2.75, 3.05) is 12.4 Å². The Hall–Kier alpha value is -3.10. The molecule has 0 aliphatic carbocycles. The molecule has 29 heavy (non-hydrogen) atoms. The van der Waals surface area contributed by atoms with Gasteiger partial charge in [-0.25, -0.2) is 4.39 Å². The van der Waals surface area contributed by atoms with E-state index < -0.39 is 26.7 Å². The first-order valence-corrected chi connectivity index (χ1v) is 10.0.